The lowest BCUT2D eigenvalue weighted by Gasteiger charge is -2.46. The number of hydrogen-bond donors (Lipinski definition) is 0. The van der Waals surface area contributed by atoms with Crippen molar-refractivity contribution in [3.05, 3.63) is 59.7 Å². The SMILES string of the molecule is FC(F)(F)c1ccc(O[C@@H]2[C@@H]3COC[C@H]2CN(Cc2ccccc2)C3)c(OCC2CC2)c1. The van der Waals surface area contributed by atoms with Crippen molar-refractivity contribution in [1.82, 2.24) is 4.90 Å². The number of likely N-dealkylation sites (tertiary alicyclic amines) is 1. The summed E-state index contributed by atoms with van der Waals surface area (Å²) >= 11 is 0. The van der Waals surface area contributed by atoms with E-state index in [9.17, 15) is 13.2 Å². The number of rotatable bonds is 7. The summed E-state index contributed by atoms with van der Waals surface area (Å²) in [4.78, 5) is 2.42. The van der Waals surface area contributed by atoms with E-state index in [1.165, 1.54) is 11.6 Å². The molecule has 2 aromatic rings. The summed E-state index contributed by atoms with van der Waals surface area (Å²) in [7, 11) is 0. The van der Waals surface area contributed by atoms with E-state index in [1.54, 1.807) is 0 Å². The van der Waals surface area contributed by atoms with Gasteiger partial charge in [-0.25, -0.2) is 0 Å². The Balaban J connectivity index is 1.31. The molecule has 2 aromatic carbocycles. The second kappa shape index (κ2) is 8.94. The van der Waals surface area contributed by atoms with Crippen LogP contribution < -0.4 is 9.47 Å². The topological polar surface area (TPSA) is 30.9 Å². The van der Waals surface area contributed by atoms with Gasteiger partial charge in [0.1, 0.15) is 6.10 Å². The summed E-state index contributed by atoms with van der Waals surface area (Å²) in [5, 5.41) is 0. The predicted molar refractivity (Wildman–Crippen MR) is 114 cm³/mol. The summed E-state index contributed by atoms with van der Waals surface area (Å²) < 4.78 is 57.7. The molecule has 5 rings (SSSR count). The molecular formula is C25H28F3NO3. The predicted octanol–water partition coefficient (Wildman–Crippen LogP) is 5.02. The molecule has 3 fully saturated rings. The molecule has 0 N–H and O–H groups in total. The van der Waals surface area contributed by atoms with E-state index >= 15 is 0 Å². The molecule has 1 aliphatic carbocycles. The summed E-state index contributed by atoms with van der Waals surface area (Å²) in [6.07, 6.45) is -2.38. The van der Waals surface area contributed by atoms with Gasteiger partial charge in [-0.2, -0.15) is 13.2 Å². The summed E-state index contributed by atoms with van der Waals surface area (Å²) in [6.45, 7) is 4.14. The Hall–Kier alpha value is -2.25. The molecule has 3 atom stereocenters. The minimum absolute atomic E-state index is 0.101. The lowest BCUT2D eigenvalue weighted by Crippen LogP contribution is -2.57. The van der Waals surface area contributed by atoms with E-state index < -0.39 is 11.7 Å². The van der Waals surface area contributed by atoms with Crippen LogP contribution in [0.5, 0.6) is 11.5 Å². The first-order valence-corrected chi connectivity index (χ1v) is 11.3. The molecule has 4 nitrogen and oxygen atoms in total. The van der Waals surface area contributed by atoms with Crippen molar-refractivity contribution in [2.24, 2.45) is 17.8 Å². The van der Waals surface area contributed by atoms with Crippen LogP contribution in [0.4, 0.5) is 13.2 Å². The van der Waals surface area contributed by atoms with Gasteiger partial charge in [-0.3, -0.25) is 4.90 Å². The van der Waals surface area contributed by atoms with E-state index in [4.69, 9.17) is 14.2 Å². The van der Waals surface area contributed by atoms with Gasteiger partial charge in [-0.05, 0) is 42.5 Å². The average molecular weight is 447 g/mol. The minimum atomic E-state index is -4.41. The smallest absolute Gasteiger partial charge is 0.416 e. The van der Waals surface area contributed by atoms with E-state index in [1.807, 2.05) is 18.2 Å². The highest BCUT2D eigenvalue weighted by atomic mass is 19.4. The molecule has 0 aromatic heterocycles. The largest absolute Gasteiger partial charge is 0.489 e. The Kier molecular flexibility index (Phi) is 6.03. The molecular weight excluding hydrogens is 419 g/mol. The zero-order valence-corrected chi connectivity index (χ0v) is 17.9. The standard InChI is InChI=1S/C25H28F3NO3/c26-25(27,28)21-8-9-22(23(10-21)31-14-18-6-7-18)32-24-19-12-29(13-20(24)16-30-15-19)11-17-4-2-1-3-5-17/h1-5,8-10,18-20,24H,6-7,11-16H2/t19-,20+,24+. The number of nitrogens with zero attached hydrogens (tertiary/aromatic N) is 1. The van der Waals surface area contributed by atoms with E-state index in [0.29, 0.717) is 31.5 Å². The van der Waals surface area contributed by atoms with Crippen LogP contribution in [0.2, 0.25) is 0 Å². The Morgan fingerprint density at radius 2 is 1.66 bits per heavy atom. The minimum Gasteiger partial charge on any atom is -0.489 e. The molecule has 2 aliphatic heterocycles. The number of ether oxygens (including phenoxy) is 3. The number of hydrogen-bond acceptors (Lipinski definition) is 4. The lowest BCUT2D eigenvalue weighted by molar-refractivity contribution is -0.137. The van der Waals surface area contributed by atoms with E-state index in [0.717, 1.165) is 44.6 Å². The third-order valence-electron chi connectivity index (χ3n) is 6.53. The van der Waals surface area contributed by atoms with Gasteiger partial charge in [-0.1, -0.05) is 30.3 Å². The first-order chi connectivity index (χ1) is 15.5. The molecule has 0 amide bonds. The van der Waals surface area contributed by atoms with Crippen molar-refractivity contribution >= 4 is 0 Å². The first-order valence-electron chi connectivity index (χ1n) is 11.3. The molecule has 32 heavy (non-hydrogen) atoms. The molecule has 1 saturated carbocycles. The fraction of sp³-hybridized carbons (Fsp3) is 0.520. The Morgan fingerprint density at radius 3 is 2.31 bits per heavy atom. The van der Waals surface area contributed by atoms with Crippen molar-refractivity contribution in [1.29, 1.82) is 0 Å². The molecule has 7 heteroatoms. The van der Waals surface area contributed by atoms with Crippen molar-refractivity contribution in [3.63, 3.8) is 0 Å². The molecule has 0 unspecified atom stereocenters. The van der Waals surface area contributed by atoms with Crippen LogP contribution in [0, 0.1) is 17.8 Å². The lowest BCUT2D eigenvalue weighted by atomic mass is 9.84. The highest BCUT2D eigenvalue weighted by Crippen LogP contribution is 2.40. The van der Waals surface area contributed by atoms with Gasteiger partial charge in [0.2, 0.25) is 0 Å². The second-order valence-electron chi connectivity index (χ2n) is 9.23. The number of piperidine rings is 1. The zero-order valence-electron chi connectivity index (χ0n) is 17.9. The molecule has 2 bridgehead atoms. The fourth-order valence-corrected chi connectivity index (χ4v) is 4.69. The number of alkyl halides is 3. The van der Waals surface area contributed by atoms with Gasteiger partial charge < -0.3 is 14.2 Å². The molecule has 0 radical (unpaired) electrons. The number of benzene rings is 2. The number of fused-ring (bicyclic) bond motifs is 2. The van der Waals surface area contributed by atoms with Crippen molar-refractivity contribution in [2.75, 3.05) is 32.9 Å². The van der Waals surface area contributed by atoms with E-state index in [2.05, 4.69) is 17.0 Å². The van der Waals surface area contributed by atoms with Crippen LogP contribution in [0.1, 0.15) is 24.0 Å². The highest BCUT2D eigenvalue weighted by Gasteiger charge is 2.42. The van der Waals surface area contributed by atoms with Gasteiger partial charge >= 0.3 is 6.18 Å². The molecule has 3 aliphatic rings. The van der Waals surface area contributed by atoms with Crippen LogP contribution in [0.15, 0.2) is 48.5 Å². The summed E-state index contributed by atoms with van der Waals surface area (Å²) in [6, 6.07) is 13.9. The Bertz CT molecular complexity index is 902. The molecule has 0 spiro atoms. The third-order valence-corrected chi connectivity index (χ3v) is 6.53. The van der Waals surface area contributed by atoms with Crippen LogP contribution in [0.3, 0.4) is 0 Å². The Morgan fingerprint density at radius 1 is 0.938 bits per heavy atom. The summed E-state index contributed by atoms with van der Waals surface area (Å²) in [5.74, 6) is 1.34. The van der Waals surface area contributed by atoms with Crippen LogP contribution in [-0.2, 0) is 17.5 Å². The molecule has 172 valence electrons. The van der Waals surface area contributed by atoms with Crippen LogP contribution >= 0.6 is 0 Å². The Labute approximate surface area is 186 Å². The average Bonchev–Trinajstić information content (AvgIpc) is 3.58. The highest BCUT2D eigenvalue weighted by molar-refractivity contribution is 5.44. The number of halogens is 3. The van der Waals surface area contributed by atoms with E-state index in [-0.39, 0.29) is 23.7 Å². The zero-order chi connectivity index (χ0) is 22.1. The van der Waals surface area contributed by atoms with Crippen LogP contribution in [0.25, 0.3) is 0 Å². The maximum absolute atomic E-state index is 13.3. The second-order valence-corrected chi connectivity index (χ2v) is 9.23. The quantitative estimate of drug-likeness (QED) is 0.597. The summed E-state index contributed by atoms with van der Waals surface area (Å²) in [5.41, 5.74) is 0.557. The van der Waals surface area contributed by atoms with Gasteiger partial charge in [0, 0.05) is 31.5 Å². The van der Waals surface area contributed by atoms with Crippen LogP contribution in [-0.4, -0.2) is 43.9 Å². The van der Waals surface area contributed by atoms with Gasteiger partial charge in [-0.15, -0.1) is 0 Å². The van der Waals surface area contributed by atoms with Gasteiger partial charge in [0.25, 0.3) is 0 Å². The normalized spacial score (nSPS) is 26.0. The monoisotopic (exact) mass is 447 g/mol. The fourth-order valence-electron chi connectivity index (χ4n) is 4.69. The third kappa shape index (κ3) is 5.04. The maximum Gasteiger partial charge on any atom is 0.416 e. The van der Waals surface area contributed by atoms with Crippen molar-refractivity contribution in [2.45, 2.75) is 31.7 Å². The van der Waals surface area contributed by atoms with Gasteiger partial charge in [0.15, 0.2) is 11.5 Å². The van der Waals surface area contributed by atoms with Gasteiger partial charge in [0.05, 0.1) is 25.4 Å². The first kappa shape index (κ1) is 21.6. The molecule has 2 heterocycles. The maximum atomic E-state index is 13.3. The van der Waals surface area contributed by atoms with Crippen molar-refractivity contribution in [3.8, 4) is 11.5 Å². The molecule has 2 saturated heterocycles. The van der Waals surface area contributed by atoms with Crippen molar-refractivity contribution < 1.29 is 27.4 Å².